The van der Waals surface area contributed by atoms with Crippen LogP contribution in [0, 0.1) is 6.92 Å². The van der Waals surface area contributed by atoms with Crippen LogP contribution in [0.5, 0.6) is 0 Å². The van der Waals surface area contributed by atoms with Crippen LogP contribution in [0.15, 0.2) is 22.8 Å². The minimum absolute atomic E-state index is 0.320. The molecule has 5 nitrogen and oxygen atoms in total. The van der Waals surface area contributed by atoms with E-state index in [1.807, 2.05) is 0 Å². The molecule has 0 fully saturated rings. The number of carbonyl (C=O) groups excluding carboxylic acids is 2. The summed E-state index contributed by atoms with van der Waals surface area (Å²) in [6.07, 6.45) is 3.15. The molecule has 0 aliphatic heterocycles. The zero-order valence-corrected chi connectivity index (χ0v) is 12.7. The van der Waals surface area contributed by atoms with Crippen LogP contribution in [0.4, 0.5) is 0 Å². The summed E-state index contributed by atoms with van der Waals surface area (Å²) in [5.41, 5.74) is 1.73. The fraction of sp³-hybridized carbons (Fsp3) is 0.333. The van der Waals surface area contributed by atoms with E-state index in [9.17, 15) is 19.8 Å². The Kier molecular flexibility index (Phi) is 2.89. The smallest absolute Gasteiger partial charge is 0.237 e. The van der Waals surface area contributed by atoms with Crippen LogP contribution in [0.1, 0.15) is 50.2 Å². The molecule has 1 unspecified atom stereocenters. The number of hydrogen-bond acceptors (Lipinski definition) is 5. The van der Waals surface area contributed by atoms with Crippen molar-refractivity contribution >= 4 is 11.6 Å². The Hall–Kier alpha value is -2.24. The second-order valence-electron chi connectivity index (χ2n) is 6.34. The molecule has 2 aromatic rings. The van der Waals surface area contributed by atoms with Gasteiger partial charge in [0.25, 0.3) is 0 Å². The van der Waals surface area contributed by atoms with Gasteiger partial charge in [-0.05, 0) is 42.9 Å². The summed E-state index contributed by atoms with van der Waals surface area (Å²) in [7, 11) is 0. The van der Waals surface area contributed by atoms with Crippen molar-refractivity contribution in [3.05, 3.63) is 46.2 Å². The summed E-state index contributed by atoms with van der Waals surface area (Å²) in [6, 6.07) is 3.43. The Morgan fingerprint density at radius 1 is 1.22 bits per heavy atom. The zero-order chi connectivity index (χ0) is 16.4. The van der Waals surface area contributed by atoms with Gasteiger partial charge in [-0.3, -0.25) is 9.59 Å². The molecule has 5 heteroatoms. The summed E-state index contributed by atoms with van der Waals surface area (Å²) >= 11 is 0. The van der Waals surface area contributed by atoms with Gasteiger partial charge in [0.15, 0.2) is 0 Å². The fourth-order valence-electron chi connectivity index (χ4n) is 3.80. The molecule has 2 N–H and O–H groups in total. The molecule has 23 heavy (non-hydrogen) atoms. The van der Waals surface area contributed by atoms with Crippen molar-refractivity contribution in [2.45, 2.75) is 31.8 Å². The summed E-state index contributed by atoms with van der Waals surface area (Å²) < 4.78 is 5.52. The monoisotopic (exact) mass is 312 g/mol. The maximum atomic E-state index is 12.7. The topological polar surface area (TPSA) is 87.7 Å². The van der Waals surface area contributed by atoms with E-state index in [4.69, 9.17) is 4.42 Å². The third kappa shape index (κ3) is 1.75. The van der Waals surface area contributed by atoms with Gasteiger partial charge in [0.05, 0.1) is 18.4 Å². The van der Waals surface area contributed by atoms with Gasteiger partial charge < -0.3 is 14.6 Å². The summed E-state index contributed by atoms with van der Waals surface area (Å²) in [5.74, 6) is -0.704. The van der Waals surface area contributed by atoms with Gasteiger partial charge in [0.1, 0.15) is 11.4 Å². The highest BCUT2D eigenvalue weighted by molar-refractivity contribution is 6.53. The van der Waals surface area contributed by atoms with Gasteiger partial charge in [0.2, 0.25) is 11.6 Å². The van der Waals surface area contributed by atoms with E-state index in [2.05, 4.69) is 0 Å². The molecule has 1 heterocycles. The average Bonchev–Trinajstić information content (AvgIpc) is 2.94. The van der Waals surface area contributed by atoms with Gasteiger partial charge in [-0.2, -0.15) is 0 Å². The van der Waals surface area contributed by atoms with E-state index >= 15 is 0 Å². The second kappa shape index (κ2) is 4.63. The second-order valence-corrected chi connectivity index (χ2v) is 6.34. The first-order chi connectivity index (χ1) is 11.0. The number of aliphatic hydroxyl groups excluding tert-OH is 1. The van der Waals surface area contributed by atoms with Crippen molar-refractivity contribution in [3.63, 3.8) is 0 Å². The lowest BCUT2D eigenvalue weighted by atomic mass is 9.73. The van der Waals surface area contributed by atoms with E-state index in [0.29, 0.717) is 58.4 Å². The molecule has 0 saturated carbocycles. The van der Waals surface area contributed by atoms with Crippen LogP contribution in [-0.2, 0) is 12.0 Å². The van der Waals surface area contributed by atoms with Gasteiger partial charge >= 0.3 is 0 Å². The number of benzene rings is 1. The Labute approximate surface area is 132 Å². The number of fused-ring (bicyclic) bond motifs is 5. The van der Waals surface area contributed by atoms with Crippen molar-refractivity contribution in [2.75, 3.05) is 6.61 Å². The number of Topliss-reactive ketones (excluding diaryl/α,β-unsaturated/α-hetero) is 2. The molecule has 1 atom stereocenters. The zero-order valence-electron chi connectivity index (χ0n) is 12.7. The fourth-order valence-corrected chi connectivity index (χ4v) is 3.80. The van der Waals surface area contributed by atoms with Crippen molar-refractivity contribution in [1.82, 2.24) is 0 Å². The SMILES string of the molecule is Cc1coc2c1C(=O)C(=O)c1c-2ccc2c1CCCC2(O)CO. The molecule has 0 radical (unpaired) electrons. The number of furan rings is 1. The molecule has 4 rings (SSSR count). The maximum Gasteiger partial charge on any atom is 0.237 e. The quantitative estimate of drug-likeness (QED) is 0.788. The highest BCUT2D eigenvalue weighted by Gasteiger charge is 2.41. The largest absolute Gasteiger partial charge is 0.463 e. The van der Waals surface area contributed by atoms with Crippen LogP contribution < -0.4 is 0 Å². The lowest BCUT2D eigenvalue weighted by Gasteiger charge is -2.34. The molecule has 0 saturated heterocycles. The van der Waals surface area contributed by atoms with Crippen LogP contribution in [0.2, 0.25) is 0 Å². The Balaban J connectivity index is 2.05. The van der Waals surface area contributed by atoms with Crippen molar-refractivity contribution in [2.24, 2.45) is 0 Å². The molecule has 0 bridgehead atoms. The highest BCUT2D eigenvalue weighted by Crippen LogP contribution is 2.44. The van der Waals surface area contributed by atoms with Crippen LogP contribution in [-0.4, -0.2) is 28.4 Å². The van der Waals surface area contributed by atoms with E-state index in [1.165, 1.54) is 6.26 Å². The molecule has 0 spiro atoms. The Morgan fingerprint density at radius 3 is 2.70 bits per heavy atom. The standard InChI is InChI=1S/C18H16O5/c1-9-7-23-17-11-4-5-12-10(3-2-6-18(12,22)8-19)14(11)16(21)15(20)13(9)17/h4-5,7,19,22H,2-3,6,8H2,1H3. The molecular weight excluding hydrogens is 296 g/mol. The number of ketones is 2. The average molecular weight is 312 g/mol. The van der Waals surface area contributed by atoms with Gasteiger partial charge in [0, 0.05) is 11.1 Å². The number of aliphatic hydroxyl groups is 2. The molecule has 0 amide bonds. The molecule has 2 aliphatic carbocycles. The van der Waals surface area contributed by atoms with Crippen LogP contribution in [0.25, 0.3) is 11.3 Å². The number of hydrogen-bond donors (Lipinski definition) is 2. The highest BCUT2D eigenvalue weighted by atomic mass is 16.3. The lowest BCUT2D eigenvalue weighted by Crippen LogP contribution is -2.36. The first kappa shape index (κ1) is 14.4. The normalized spacial score (nSPS) is 22.6. The third-order valence-corrected chi connectivity index (χ3v) is 4.97. The predicted octanol–water partition coefficient (Wildman–Crippen LogP) is 2.15. The molecule has 2 aliphatic rings. The molecule has 1 aromatic carbocycles. The summed E-state index contributed by atoms with van der Waals surface area (Å²) in [5, 5.41) is 20.2. The number of carbonyl (C=O) groups is 2. The number of rotatable bonds is 1. The molecule has 1 aromatic heterocycles. The van der Waals surface area contributed by atoms with E-state index in [1.54, 1.807) is 19.1 Å². The van der Waals surface area contributed by atoms with Crippen LogP contribution in [0.3, 0.4) is 0 Å². The molecular formula is C18H16O5. The van der Waals surface area contributed by atoms with Gasteiger partial charge in [-0.15, -0.1) is 0 Å². The predicted molar refractivity (Wildman–Crippen MR) is 81.5 cm³/mol. The maximum absolute atomic E-state index is 12.7. The van der Waals surface area contributed by atoms with Crippen molar-refractivity contribution in [3.8, 4) is 11.3 Å². The molecule has 118 valence electrons. The van der Waals surface area contributed by atoms with Gasteiger partial charge in [-0.25, -0.2) is 0 Å². The minimum Gasteiger partial charge on any atom is -0.463 e. The van der Waals surface area contributed by atoms with E-state index in [-0.39, 0.29) is 0 Å². The number of aryl methyl sites for hydroxylation is 1. The first-order valence-corrected chi connectivity index (χ1v) is 7.65. The van der Waals surface area contributed by atoms with Crippen LogP contribution >= 0.6 is 0 Å². The first-order valence-electron chi connectivity index (χ1n) is 7.65. The summed E-state index contributed by atoms with van der Waals surface area (Å²) in [4.78, 5) is 25.1. The minimum atomic E-state index is -1.36. The summed E-state index contributed by atoms with van der Waals surface area (Å²) in [6.45, 7) is 1.33. The Morgan fingerprint density at radius 2 is 1.96 bits per heavy atom. The van der Waals surface area contributed by atoms with Crippen molar-refractivity contribution in [1.29, 1.82) is 0 Å². The van der Waals surface area contributed by atoms with Crippen molar-refractivity contribution < 1.29 is 24.2 Å². The Bertz CT molecular complexity index is 861. The van der Waals surface area contributed by atoms with E-state index < -0.39 is 23.8 Å². The van der Waals surface area contributed by atoms with E-state index in [0.717, 1.165) is 0 Å². The lowest BCUT2D eigenvalue weighted by molar-refractivity contribution is -0.0327. The van der Waals surface area contributed by atoms with Gasteiger partial charge in [-0.1, -0.05) is 12.1 Å². The third-order valence-electron chi connectivity index (χ3n) is 4.97.